The third-order valence-corrected chi connectivity index (χ3v) is 4.82. The first kappa shape index (κ1) is 14.3. The fourth-order valence-corrected chi connectivity index (χ4v) is 3.82. The zero-order valence-electron chi connectivity index (χ0n) is 11.8. The number of anilines is 1. The highest BCUT2D eigenvalue weighted by atomic mass is 32.1. The van der Waals surface area contributed by atoms with Crippen LogP contribution in [0.4, 0.5) is 11.6 Å². The number of hydrogen-bond acceptors (Lipinski definition) is 6. The van der Waals surface area contributed by atoms with Gasteiger partial charge in [0.15, 0.2) is 0 Å². The zero-order valence-corrected chi connectivity index (χ0v) is 12.6. The van der Waals surface area contributed by atoms with Crippen LogP contribution in [0.15, 0.2) is 11.6 Å². The summed E-state index contributed by atoms with van der Waals surface area (Å²) in [6, 6.07) is 0. The smallest absolute Gasteiger partial charge is 0.372 e. The summed E-state index contributed by atoms with van der Waals surface area (Å²) in [7, 11) is 0. The van der Waals surface area contributed by atoms with Gasteiger partial charge in [-0.3, -0.25) is 0 Å². The largest absolute Gasteiger partial charge is 0.388 e. The molecule has 0 radical (unpaired) electrons. The van der Waals surface area contributed by atoms with E-state index in [1.54, 1.807) is 11.6 Å². The normalized spacial score (nSPS) is 26.1. The molecule has 0 spiro atoms. The predicted molar refractivity (Wildman–Crippen MR) is 80.8 cm³/mol. The Labute approximate surface area is 125 Å². The van der Waals surface area contributed by atoms with Crippen molar-refractivity contribution in [1.29, 1.82) is 0 Å². The quantitative estimate of drug-likeness (QED) is 0.669. The van der Waals surface area contributed by atoms with E-state index < -0.39 is 10.5 Å². The Morgan fingerprint density at radius 3 is 3.24 bits per heavy atom. The Hall–Kier alpha value is -1.67. The van der Waals surface area contributed by atoms with Crippen LogP contribution in [-0.2, 0) is 0 Å². The maximum absolute atomic E-state index is 11.2. The number of hydrogen-bond donors (Lipinski definition) is 2. The van der Waals surface area contributed by atoms with Crippen molar-refractivity contribution in [2.45, 2.75) is 38.2 Å². The molecule has 114 valence electrons. The van der Waals surface area contributed by atoms with Crippen LogP contribution < -0.4 is 5.32 Å². The molecule has 1 aliphatic rings. The van der Waals surface area contributed by atoms with Crippen molar-refractivity contribution in [2.75, 3.05) is 11.9 Å². The van der Waals surface area contributed by atoms with Gasteiger partial charge in [0.25, 0.3) is 4.96 Å². The van der Waals surface area contributed by atoms with E-state index in [0.717, 1.165) is 25.7 Å². The number of rotatable bonds is 4. The molecule has 1 aliphatic carbocycles. The van der Waals surface area contributed by atoms with E-state index in [-0.39, 0.29) is 11.6 Å². The molecular weight excluding hydrogens is 292 g/mol. The second kappa shape index (κ2) is 5.27. The van der Waals surface area contributed by atoms with Gasteiger partial charge >= 0.3 is 5.82 Å². The van der Waals surface area contributed by atoms with Crippen molar-refractivity contribution in [3.63, 3.8) is 0 Å². The van der Waals surface area contributed by atoms with Crippen LogP contribution >= 0.6 is 11.3 Å². The van der Waals surface area contributed by atoms with Gasteiger partial charge in [-0.05, 0) is 23.7 Å². The number of fused-ring (bicyclic) bond motifs is 1. The molecule has 1 saturated carbocycles. The molecule has 2 aromatic rings. The van der Waals surface area contributed by atoms with E-state index in [1.807, 2.05) is 0 Å². The minimum atomic E-state index is -0.803. The van der Waals surface area contributed by atoms with Crippen LogP contribution in [0.3, 0.4) is 0 Å². The van der Waals surface area contributed by atoms with Crippen molar-refractivity contribution in [1.82, 2.24) is 9.38 Å². The van der Waals surface area contributed by atoms with Crippen molar-refractivity contribution in [2.24, 2.45) is 5.92 Å². The summed E-state index contributed by atoms with van der Waals surface area (Å²) >= 11 is 1.35. The van der Waals surface area contributed by atoms with Gasteiger partial charge in [0.1, 0.15) is 6.20 Å². The second-order valence-corrected chi connectivity index (χ2v) is 6.75. The molecule has 3 rings (SSSR count). The molecule has 2 aromatic heterocycles. The molecule has 2 atom stereocenters. The van der Waals surface area contributed by atoms with Gasteiger partial charge in [-0.25, -0.2) is 0 Å². The summed E-state index contributed by atoms with van der Waals surface area (Å²) in [4.78, 5) is 15.6. The Morgan fingerprint density at radius 2 is 2.52 bits per heavy atom. The van der Waals surface area contributed by atoms with Gasteiger partial charge < -0.3 is 20.5 Å². The highest BCUT2D eigenvalue weighted by Crippen LogP contribution is 2.34. The molecule has 0 bridgehead atoms. The van der Waals surface area contributed by atoms with Crippen LogP contribution in [0.1, 0.15) is 32.6 Å². The molecule has 0 aliphatic heterocycles. The van der Waals surface area contributed by atoms with Gasteiger partial charge in [0.2, 0.25) is 5.82 Å². The summed E-state index contributed by atoms with van der Waals surface area (Å²) in [5.74, 6) is 0.642. The SMILES string of the molecule is C[C@@H]1CCC[C@](O)(CNc2nc3sccn3c2[N+](=O)[O-])C1. The van der Waals surface area contributed by atoms with Crippen LogP contribution in [0, 0.1) is 16.0 Å². The molecule has 2 heterocycles. The zero-order chi connectivity index (χ0) is 15.0. The van der Waals surface area contributed by atoms with Gasteiger partial charge in [-0.2, -0.15) is 9.38 Å². The van der Waals surface area contributed by atoms with E-state index in [1.165, 1.54) is 15.7 Å². The van der Waals surface area contributed by atoms with Crippen LogP contribution in [0.25, 0.3) is 4.96 Å². The first-order valence-electron chi connectivity index (χ1n) is 7.05. The number of nitrogens with zero attached hydrogens (tertiary/aromatic N) is 3. The summed E-state index contributed by atoms with van der Waals surface area (Å²) in [5.41, 5.74) is -0.803. The number of aromatic nitrogens is 2. The number of nitrogens with one attached hydrogen (secondary N) is 1. The lowest BCUT2D eigenvalue weighted by molar-refractivity contribution is -0.389. The van der Waals surface area contributed by atoms with Crippen LogP contribution in [-0.4, -0.2) is 31.6 Å². The predicted octanol–water partition coefficient (Wildman–Crippen LogP) is 2.66. The van der Waals surface area contributed by atoms with Gasteiger partial charge in [-0.15, -0.1) is 0 Å². The molecule has 7 nitrogen and oxygen atoms in total. The first-order chi connectivity index (χ1) is 9.98. The second-order valence-electron chi connectivity index (χ2n) is 5.88. The van der Waals surface area contributed by atoms with E-state index >= 15 is 0 Å². The topological polar surface area (TPSA) is 92.7 Å². The van der Waals surface area contributed by atoms with E-state index in [2.05, 4.69) is 17.2 Å². The lowest BCUT2D eigenvalue weighted by Crippen LogP contribution is -2.41. The molecule has 21 heavy (non-hydrogen) atoms. The Balaban J connectivity index is 1.80. The highest BCUT2D eigenvalue weighted by Gasteiger charge is 2.34. The first-order valence-corrected chi connectivity index (χ1v) is 7.93. The molecule has 0 amide bonds. The number of imidazole rings is 1. The number of aliphatic hydroxyl groups is 1. The number of thiazole rings is 1. The van der Waals surface area contributed by atoms with Crippen molar-refractivity contribution in [3.05, 3.63) is 21.7 Å². The molecule has 1 fully saturated rings. The highest BCUT2D eigenvalue weighted by molar-refractivity contribution is 7.15. The van der Waals surface area contributed by atoms with Gasteiger partial charge in [0, 0.05) is 11.9 Å². The lowest BCUT2D eigenvalue weighted by Gasteiger charge is -2.35. The van der Waals surface area contributed by atoms with E-state index in [4.69, 9.17) is 0 Å². The van der Waals surface area contributed by atoms with Crippen molar-refractivity contribution in [3.8, 4) is 0 Å². The van der Waals surface area contributed by atoms with E-state index in [0.29, 0.717) is 17.4 Å². The summed E-state index contributed by atoms with van der Waals surface area (Å²) < 4.78 is 1.46. The van der Waals surface area contributed by atoms with E-state index in [9.17, 15) is 15.2 Å². The third kappa shape index (κ3) is 2.73. The number of nitro groups is 1. The molecular formula is C13H18N4O3S. The fraction of sp³-hybridized carbons (Fsp3) is 0.615. The van der Waals surface area contributed by atoms with Gasteiger partial charge in [0.05, 0.1) is 5.60 Å². The minimum Gasteiger partial charge on any atom is -0.388 e. The monoisotopic (exact) mass is 310 g/mol. The van der Waals surface area contributed by atoms with Crippen molar-refractivity contribution >= 4 is 27.9 Å². The van der Waals surface area contributed by atoms with Crippen LogP contribution in [0.2, 0.25) is 0 Å². The molecule has 8 heteroatoms. The van der Waals surface area contributed by atoms with Crippen LogP contribution in [0.5, 0.6) is 0 Å². The standard InChI is InChI=1S/C13H18N4O3S/c1-9-3-2-4-13(18,7-9)8-14-10-11(17(19)20)16-5-6-21-12(16)15-10/h5-6,9,14,18H,2-4,7-8H2,1H3/t9-,13-/m1/s1. The van der Waals surface area contributed by atoms with Crippen molar-refractivity contribution < 1.29 is 10.0 Å². The summed E-state index contributed by atoms with van der Waals surface area (Å²) in [6.45, 7) is 2.42. The molecule has 0 saturated heterocycles. The molecule has 0 aromatic carbocycles. The average Bonchev–Trinajstić information content (AvgIpc) is 2.95. The summed E-state index contributed by atoms with van der Waals surface area (Å²) in [5, 5.41) is 26.6. The average molecular weight is 310 g/mol. The third-order valence-electron chi connectivity index (χ3n) is 4.06. The fourth-order valence-electron chi connectivity index (χ4n) is 3.11. The maximum Gasteiger partial charge on any atom is 0.372 e. The molecule has 2 N–H and O–H groups in total. The Kier molecular flexibility index (Phi) is 3.58. The Morgan fingerprint density at radius 1 is 1.71 bits per heavy atom. The maximum atomic E-state index is 11.2. The minimum absolute atomic E-state index is 0.0706. The lowest BCUT2D eigenvalue weighted by atomic mass is 9.79. The Bertz CT molecular complexity index is 667. The molecule has 0 unspecified atom stereocenters. The summed E-state index contributed by atoms with van der Waals surface area (Å²) in [6.07, 6.45) is 5.19. The van der Waals surface area contributed by atoms with Gasteiger partial charge in [-0.1, -0.05) is 31.1 Å².